The van der Waals surface area contributed by atoms with E-state index in [1.807, 2.05) is 18.2 Å². The molecule has 0 spiro atoms. The Morgan fingerprint density at radius 1 is 1.32 bits per heavy atom. The third-order valence-electron chi connectivity index (χ3n) is 4.74. The minimum absolute atomic E-state index is 0.0697. The van der Waals surface area contributed by atoms with Gasteiger partial charge in [-0.15, -0.1) is 0 Å². The number of H-pyrrole nitrogens is 1. The summed E-state index contributed by atoms with van der Waals surface area (Å²) < 4.78 is 0. The number of carboxylic acid groups (broad SMARTS) is 1. The van der Waals surface area contributed by atoms with Crippen molar-refractivity contribution in [2.45, 2.75) is 24.9 Å². The van der Waals surface area contributed by atoms with E-state index in [0.29, 0.717) is 6.42 Å². The second kappa shape index (κ2) is 5.07. The van der Waals surface area contributed by atoms with Crippen molar-refractivity contribution in [1.29, 1.82) is 0 Å². The maximum Gasteiger partial charge on any atom is 0.321 e. The number of aromatic nitrogens is 1. The van der Waals surface area contributed by atoms with E-state index in [-0.39, 0.29) is 12.0 Å². The Morgan fingerprint density at radius 2 is 2.14 bits per heavy atom. The second-order valence-corrected chi connectivity index (χ2v) is 6.43. The summed E-state index contributed by atoms with van der Waals surface area (Å²) in [6, 6.07) is 7.43. The number of thiocarbonyl (C=S) groups is 1. The first-order valence-corrected chi connectivity index (χ1v) is 7.92. The molecular weight excluding hydrogens is 298 g/mol. The van der Waals surface area contributed by atoms with Crippen LogP contribution < -0.4 is 10.6 Å². The Balaban J connectivity index is 1.85. The van der Waals surface area contributed by atoms with Crippen LogP contribution in [0.3, 0.4) is 0 Å². The molecule has 2 aliphatic heterocycles. The summed E-state index contributed by atoms with van der Waals surface area (Å²) in [4.78, 5) is 15.9. The fraction of sp³-hybridized carbons (Fsp3) is 0.375. The van der Waals surface area contributed by atoms with Crippen LogP contribution in [0.25, 0.3) is 10.9 Å². The third-order valence-corrected chi connectivity index (χ3v) is 5.19. The van der Waals surface area contributed by atoms with Crippen LogP contribution in [0.1, 0.15) is 23.7 Å². The number of aromatic amines is 1. The number of benzene rings is 1. The first-order chi connectivity index (χ1) is 10.6. The average Bonchev–Trinajstić information content (AvgIpc) is 3.09. The van der Waals surface area contributed by atoms with Gasteiger partial charge in [0.05, 0.1) is 11.0 Å². The summed E-state index contributed by atoms with van der Waals surface area (Å²) in [5, 5.41) is 17.1. The molecule has 1 aromatic carbocycles. The van der Waals surface area contributed by atoms with Crippen molar-refractivity contribution in [3.8, 4) is 0 Å². The lowest BCUT2D eigenvalue weighted by atomic mass is 9.86. The highest BCUT2D eigenvalue weighted by Gasteiger charge is 2.39. The zero-order valence-electron chi connectivity index (χ0n) is 11.9. The molecular formula is C16H17N3O2S. The van der Waals surface area contributed by atoms with E-state index < -0.39 is 12.0 Å². The maximum absolute atomic E-state index is 11.5. The molecule has 22 heavy (non-hydrogen) atoms. The van der Waals surface area contributed by atoms with Gasteiger partial charge in [0, 0.05) is 35.5 Å². The Kier molecular flexibility index (Phi) is 3.16. The van der Waals surface area contributed by atoms with Crippen LogP contribution in [0.5, 0.6) is 0 Å². The Labute approximate surface area is 133 Å². The van der Waals surface area contributed by atoms with E-state index in [2.05, 4.69) is 21.7 Å². The van der Waals surface area contributed by atoms with Crippen molar-refractivity contribution in [3.05, 3.63) is 35.5 Å². The molecule has 0 bridgehead atoms. The Morgan fingerprint density at radius 3 is 2.86 bits per heavy atom. The van der Waals surface area contributed by atoms with E-state index in [4.69, 9.17) is 12.2 Å². The number of nitrogens with one attached hydrogen (secondary N) is 3. The van der Waals surface area contributed by atoms with Gasteiger partial charge in [-0.1, -0.05) is 30.4 Å². The summed E-state index contributed by atoms with van der Waals surface area (Å²) in [5.74, 6) is -0.665. The zero-order valence-corrected chi connectivity index (χ0v) is 12.7. The molecule has 4 rings (SSSR count). The van der Waals surface area contributed by atoms with Crippen molar-refractivity contribution >= 4 is 34.1 Å². The average molecular weight is 315 g/mol. The van der Waals surface area contributed by atoms with Crippen molar-refractivity contribution in [1.82, 2.24) is 15.6 Å². The molecule has 2 unspecified atom stereocenters. The molecule has 6 heteroatoms. The van der Waals surface area contributed by atoms with Crippen LogP contribution in [0.2, 0.25) is 0 Å². The predicted molar refractivity (Wildman–Crippen MR) is 88.0 cm³/mol. The molecule has 0 aliphatic carbocycles. The largest absolute Gasteiger partial charge is 0.480 e. The predicted octanol–water partition coefficient (Wildman–Crippen LogP) is 1.74. The molecule has 0 saturated carbocycles. The number of carboxylic acids is 1. The van der Waals surface area contributed by atoms with E-state index in [0.717, 1.165) is 40.1 Å². The number of para-hydroxylation sites is 1. The van der Waals surface area contributed by atoms with Gasteiger partial charge < -0.3 is 15.4 Å². The maximum atomic E-state index is 11.5. The number of hydrogen-bond acceptors (Lipinski definition) is 3. The number of hydrogen-bond donors (Lipinski definition) is 4. The summed E-state index contributed by atoms with van der Waals surface area (Å²) in [5.41, 5.74) is 3.26. The van der Waals surface area contributed by atoms with Crippen LogP contribution >= 0.6 is 12.2 Å². The van der Waals surface area contributed by atoms with Gasteiger partial charge in [0.25, 0.3) is 0 Å². The van der Waals surface area contributed by atoms with Crippen LogP contribution in [0.4, 0.5) is 0 Å². The van der Waals surface area contributed by atoms with Crippen molar-refractivity contribution in [2.75, 3.05) is 6.54 Å². The van der Waals surface area contributed by atoms with Gasteiger partial charge in [0.2, 0.25) is 0 Å². The number of aliphatic carboxylic acids is 1. The highest BCUT2D eigenvalue weighted by Crippen LogP contribution is 2.37. The summed E-state index contributed by atoms with van der Waals surface area (Å²) >= 11 is 5.42. The molecule has 3 heterocycles. The smallest absolute Gasteiger partial charge is 0.321 e. The summed E-state index contributed by atoms with van der Waals surface area (Å²) in [6.07, 6.45) is 1.43. The normalized spacial score (nSPS) is 27.6. The van der Waals surface area contributed by atoms with Gasteiger partial charge in [0.1, 0.15) is 6.04 Å². The molecule has 1 saturated heterocycles. The fourth-order valence-corrected chi connectivity index (χ4v) is 4.03. The lowest BCUT2D eigenvalue weighted by Crippen LogP contribution is -2.47. The highest BCUT2D eigenvalue weighted by atomic mass is 32.1. The van der Waals surface area contributed by atoms with Crippen molar-refractivity contribution in [3.63, 3.8) is 0 Å². The van der Waals surface area contributed by atoms with Gasteiger partial charge in [-0.25, -0.2) is 0 Å². The minimum Gasteiger partial charge on any atom is -0.480 e. The number of carbonyl (C=O) groups is 1. The first-order valence-electron chi connectivity index (χ1n) is 7.51. The topological polar surface area (TPSA) is 77.1 Å². The van der Waals surface area contributed by atoms with Gasteiger partial charge in [-0.05, 0) is 18.1 Å². The van der Waals surface area contributed by atoms with E-state index in [9.17, 15) is 9.90 Å². The molecule has 2 aromatic rings. The van der Waals surface area contributed by atoms with Crippen LogP contribution in [0.15, 0.2) is 24.3 Å². The molecule has 4 N–H and O–H groups in total. The Bertz CT molecular complexity index is 770. The molecule has 1 fully saturated rings. The van der Waals surface area contributed by atoms with Crippen LogP contribution in [-0.4, -0.2) is 33.6 Å². The first kappa shape index (κ1) is 13.7. The quantitative estimate of drug-likeness (QED) is 0.635. The van der Waals surface area contributed by atoms with Crippen LogP contribution in [-0.2, 0) is 11.2 Å². The number of fused-ring (bicyclic) bond motifs is 3. The molecule has 2 aliphatic rings. The minimum atomic E-state index is -0.808. The lowest BCUT2D eigenvalue weighted by Gasteiger charge is -2.32. The zero-order chi connectivity index (χ0) is 15.3. The molecule has 1 aromatic heterocycles. The van der Waals surface area contributed by atoms with Gasteiger partial charge >= 0.3 is 5.97 Å². The second-order valence-electron chi connectivity index (χ2n) is 5.99. The summed E-state index contributed by atoms with van der Waals surface area (Å²) in [6.45, 7) is 0.856. The van der Waals surface area contributed by atoms with Gasteiger partial charge in [-0.3, -0.25) is 10.1 Å². The van der Waals surface area contributed by atoms with E-state index >= 15 is 0 Å². The van der Waals surface area contributed by atoms with Crippen molar-refractivity contribution < 1.29 is 9.90 Å². The molecule has 0 radical (unpaired) electrons. The number of rotatable bonds is 2. The summed E-state index contributed by atoms with van der Waals surface area (Å²) in [7, 11) is 0. The lowest BCUT2D eigenvalue weighted by molar-refractivity contribution is -0.140. The molecule has 5 nitrogen and oxygen atoms in total. The van der Waals surface area contributed by atoms with Gasteiger partial charge in [-0.2, -0.15) is 0 Å². The van der Waals surface area contributed by atoms with E-state index in [1.54, 1.807) is 0 Å². The standard InChI is InChI=1S/C16H17N3O2S/c20-16(21)12-7-10-8-3-1-2-4-11(8)18-14(10)13(19-12)9-5-6-17-15(9)22/h1-4,9,12-13,18-19H,5-7H2,(H,17,22)(H,20,21)/t9?,12-,13?/m0/s1. The highest BCUT2D eigenvalue weighted by molar-refractivity contribution is 7.80. The van der Waals surface area contributed by atoms with Gasteiger partial charge in [0.15, 0.2) is 0 Å². The van der Waals surface area contributed by atoms with Crippen LogP contribution in [0, 0.1) is 5.92 Å². The molecule has 3 atom stereocenters. The third kappa shape index (κ3) is 2.02. The van der Waals surface area contributed by atoms with Crippen molar-refractivity contribution in [2.24, 2.45) is 5.92 Å². The molecule has 0 amide bonds. The van der Waals surface area contributed by atoms with E-state index in [1.165, 1.54) is 0 Å². The fourth-order valence-electron chi connectivity index (χ4n) is 3.68. The SMILES string of the molecule is O=C(O)[C@@H]1Cc2c([nH]c3ccccc23)C(C2CCNC2=S)N1. The Hall–Kier alpha value is -1.92. The monoisotopic (exact) mass is 315 g/mol. The molecule has 114 valence electrons.